The molecule has 1 fully saturated rings. The van der Waals surface area contributed by atoms with Crippen molar-refractivity contribution in [3.05, 3.63) is 29.8 Å². The van der Waals surface area contributed by atoms with Crippen molar-refractivity contribution in [2.45, 2.75) is 45.3 Å². The maximum absolute atomic E-state index is 12.5. The van der Waals surface area contributed by atoms with E-state index in [2.05, 4.69) is 6.07 Å². The molecule has 1 aromatic carbocycles. The van der Waals surface area contributed by atoms with Crippen LogP contribution in [0.3, 0.4) is 0 Å². The van der Waals surface area contributed by atoms with Gasteiger partial charge in [0.1, 0.15) is 5.75 Å². The van der Waals surface area contributed by atoms with E-state index in [4.69, 9.17) is 10.00 Å². The van der Waals surface area contributed by atoms with Crippen LogP contribution >= 0.6 is 0 Å². The van der Waals surface area contributed by atoms with Crippen LogP contribution in [0.15, 0.2) is 24.3 Å². The van der Waals surface area contributed by atoms with Crippen LogP contribution in [0.25, 0.3) is 0 Å². The van der Waals surface area contributed by atoms with E-state index < -0.39 is 0 Å². The molecule has 2 rings (SSSR count). The summed E-state index contributed by atoms with van der Waals surface area (Å²) >= 11 is 0. The third-order valence-electron chi connectivity index (χ3n) is 3.17. The first-order chi connectivity index (χ1) is 9.61. The fraction of sp³-hybridized carbons (Fsp3) is 0.500. The lowest BCUT2D eigenvalue weighted by Gasteiger charge is -2.21. The Morgan fingerprint density at radius 1 is 1.50 bits per heavy atom. The van der Waals surface area contributed by atoms with Gasteiger partial charge in [0.2, 0.25) is 0 Å². The van der Waals surface area contributed by atoms with Crippen molar-refractivity contribution in [1.29, 1.82) is 5.26 Å². The fourth-order valence-electron chi connectivity index (χ4n) is 2.15. The van der Waals surface area contributed by atoms with Gasteiger partial charge < -0.3 is 9.64 Å². The van der Waals surface area contributed by atoms with E-state index >= 15 is 0 Å². The first-order valence-corrected chi connectivity index (χ1v) is 7.06. The summed E-state index contributed by atoms with van der Waals surface area (Å²) in [6.45, 7) is 4.42. The second kappa shape index (κ2) is 6.42. The molecule has 0 saturated heterocycles. The van der Waals surface area contributed by atoms with Crippen molar-refractivity contribution in [1.82, 2.24) is 4.90 Å². The van der Waals surface area contributed by atoms with Gasteiger partial charge in [0.05, 0.1) is 18.6 Å². The van der Waals surface area contributed by atoms with Crippen molar-refractivity contribution < 1.29 is 9.53 Å². The maximum atomic E-state index is 12.5. The minimum Gasteiger partial charge on any atom is -0.491 e. The van der Waals surface area contributed by atoms with Gasteiger partial charge in [-0.1, -0.05) is 6.07 Å². The number of carbonyl (C=O) groups is 1. The number of ether oxygens (including phenoxy) is 1. The predicted molar refractivity (Wildman–Crippen MR) is 76.5 cm³/mol. The molecule has 0 N–H and O–H groups in total. The molecule has 0 aliphatic heterocycles. The molecule has 0 spiro atoms. The summed E-state index contributed by atoms with van der Waals surface area (Å²) in [6, 6.07) is 9.69. The van der Waals surface area contributed by atoms with Crippen molar-refractivity contribution in [3.8, 4) is 11.8 Å². The van der Waals surface area contributed by atoms with Gasteiger partial charge in [-0.2, -0.15) is 5.26 Å². The van der Waals surface area contributed by atoms with Gasteiger partial charge in [-0.25, -0.2) is 0 Å². The highest BCUT2D eigenvalue weighted by atomic mass is 16.5. The summed E-state index contributed by atoms with van der Waals surface area (Å²) in [5.41, 5.74) is 0.632. The molecule has 1 aliphatic carbocycles. The number of nitriles is 1. The quantitative estimate of drug-likeness (QED) is 0.800. The van der Waals surface area contributed by atoms with Crippen LogP contribution in [0.1, 0.15) is 43.5 Å². The summed E-state index contributed by atoms with van der Waals surface area (Å²) in [6.07, 6.45) is 2.54. The average Bonchev–Trinajstić information content (AvgIpc) is 3.23. The van der Waals surface area contributed by atoms with Gasteiger partial charge in [0.25, 0.3) is 5.91 Å². The van der Waals surface area contributed by atoms with Crippen LogP contribution in [-0.4, -0.2) is 29.5 Å². The number of amides is 1. The Kier molecular flexibility index (Phi) is 4.62. The molecule has 1 amide bonds. The molecule has 1 aliphatic rings. The normalized spacial score (nSPS) is 13.9. The third-order valence-corrected chi connectivity index (χ3v) is 3.17. The molecule has 4 heteroatoms. The summed E-state index contributed by atoms with van der Waals surface area (Å²) in [7, 11) is 0. The summed E-state index contributed by atoms with van der Waals surface area (Å²) in [5.74, 6) is 0.707. The van der Waals surface area contributed by atoms with Gasteiger partial charge in [-0.3, -0.25) is 4.79 Å². The molecule has 4 nitrogen and oxygen atoms in total. The topological polar surface area (TPSA) is 53.3 Å². The number of benzene rings is 1. The lowest BCUT2D eigenvalue weighted by atomic mass is 10.1. The fourth-order valence-corrected chi connectivity index (χ4v) is 2.15. The number of rotatable bonds is 6. The van der Waals surface area contributed by atoms with E-state index in [9.17, 15) is 4.79 Å². The molecule has 0 aromatic heterocycles. The Balaban J connectivity index is 2.12. The molecule has 1 saturated carbocycles. The standard InChI is InChI=1S/C16H20N2O2/c1-12(2)20-15-6-3-5-13(11-15)16(19)18(10-4-9-17)14-7-8-14/h3,5-6,11-12,14H,4,7-8,10H2,1-2H3. The van der Waals surface area contributed by atoms with Crippen LogP contribution in [0, 0.1) is 11.3 Å². The van der Waals surface area contributed by atoms with E-state index in [0.717, 1.165) is 12.8 Å². The van der Waals surface area contributed by atoms with Crippen molar-refractivity contribution >= 4 is 5.91 Å². The zero-order valence-corrected chi connectivity index (χ0v) is 12.0. The summed E-state index contributed by atoms with van der Waals surface area (Å²) < 4.78 is 5.62. The Morgan fingerprint density at radius 3 is 2.85 bits per heavy atom. The van der Waals surface area contributed by atoms with Gasteiger partial charge >= 0.3 is 0 Å². The van der Waals surface area contributed by atoms with Gasteiger partial charge in [0.15, 0.2) is 0 Å². The highest BCUT2D eigenvalue weighted by molar-refractivity contribution is 5.95. The molecular weight excluding hydrogens is 252 g/mol. The molecule has 0 unspecified atom stereocenters. The number of hydrogen-bond donors (Lipinski definition) is 0. The molecular formula is C16H20N2O2. The second-order valence-corrected chi connectivity index (χ2v) is 5.33. The second-order valence-electron chi connectivity index (χ2n) is 5.33. The summed E-state index contributed by atoms with van der Waals surface area (Å²) in [5, 5.41) is 8.70. The lowest BCUT2D eigenvalue weighted by molar-refractivity contribution is 0.0746. The van der Waals surface area contributed by atoms with E-state index in [-0.39, 0.29) is 12.0 Å². The monoisotopic (exact) mass is 272 g/mol. The molecule has 0 radical (unpaired) electrons. The SMILES string of the molecule is CC(C)Oc1cccc(C(=O)N(CCC#N)C2CC2)c1. The predicted octanol–water partition coefficient (Wildman–Crippen LogP) is 2.99. The maximum Gasteiger partial charge on any atom is 0.254 e. The lowest BCUT2D eigenvalue weighted by Crippen LogP contribution is -2.33. The van der Waals surface area contributed by atoms with E-state index in [1.54, 1.807) is 12.1 Å². The Labute approximate surface area is 120 Å². The van der Waals surface area contributed by atoms with Gasteiger partial charge in [-0.05, 0) is 44.9 Å². The first kappa shape index (κ1) is 14.4. The third kappa shape index (κ3) is 3.74. The first-order valence-electron chi connectivity index (χ1n) is 7.06. The van der Waals surface area contributed by atoms with Crippen molar-refractivity contribution in [2.24, 2.45) is 0 Å². The largest absolute Gasteiger partial charge is 0.491 e. The minimum absolute atomic E-state index is 0.00282. The average molecular weight is 272 g/mol. The molecule has 0 heterocycles. The zero-order chi connectivity index (χ0) is 14.5. The minimum atomic E-state index is -0.00282. The smallest absolute Gasteiger partial charge is 0.254 e. The molecule has 0 bridgehead atoms. The van der Waals surface area contributed by atoms with Crippen molar-refractivity contribution in [2.75, 3.05) is 6.54 Å². The highest BCUT2D eigenvalue weighted by Gasteiger charge is 2.32. The Hall–Kier alpha value is -2.02. The van der Waals surface area contributed by atoms with Crippen molar-refractivity contribution in [3.63, 3.8) is 0 Å². The number of carbonyl (C=O) groups excluding carboxylic acids is 1. The molecule has 1 aromatic rings. The van der Waals surface area contributed by atoms with E-state index in [1.165, 1.54) is 0 Å². The Bertz CT molecular complexity index is 515. The van der Waals surface area contributed by atoms with Crippen LogP contribution in [-0.2, 0) is 0 Å². The van der Waals surface area contributed by atoms with Gasteiger partial charge in [-0.15, -0.1) is 0 Å². The zero-order valence-electron chi connectivity index (χ0n) is 12.0. The van der Waals surface area contributed by atoms with Crippen LogP contribution in [0.2, 0.25) is 0 Å². The highest BCUT2D eigenvalue weighted by Crippen LogP contribution is 2.29. The van der Waals surface area contributed by atoms with Crippen LogP contribution < -0.4 is 4.74 Å². The van der Waals surface area contributed by atoms with Crippen LogP contribution in [0.5, 0.6) is 5.75 Å². The molecule has 0 atom stereocenters. The van der Waals surface area contributed by atoms with E-state index in [0.29, 0.717) is 30.3 Å². The number of hydrogen-bond acceptors (Lipinski definition) is 3. The molecule has 20 heavy (non-hydrogen) atoms. The Morgan fingerprint density at radius 2 is 2.25 bits per heavy atom. The van der Waals surface area contributed by atoms with E-state index in [1.807, 2.05) is 30.9 Å². The molecule has 106 valence electrons. The van der Waals surface area contributed by atoms with Gasteiger partial charge in [0, 0.05) is 18.2 Å². The van der Waals surface area contributed by atoms with Crippen LogP contribution in [0.4, 0.5) is 0 Å². The summed E-state index contributed by atoms with van der Waals surface area (Å²) in [4.78, 5) is 14.3. The number of nitrogens with zero attached hydrogens (tertiary/aromatic N) is 2.